The summed E-state index contributed by atoms with van der Waals surface area (Å²) in [7, 11) is 0. The average Bonchev–Trinajstić information content (AvgIpc) is 2.48. The van der Waals surface area contributed by atoms with E-state index in [4.69, 9.17) is 21.1 Å². The molecule has 4 heteroatoms. The minimum absolute atomic E-state index is 0.129. The van der Waals surface area contributed by atoms with Crippen LogP contribution in [-0.2, 0) is 0 Å². The zero-order valence-electron chi connectivity index (χ0n) is 6.43. The molecule has 0 spiro atoms. The molecule has 12 heavy (non-hydrogen) atoms. The van der Waals surface area contributed by atoms with Gasteiger partial charge in [-0.05, 0) is 6.92 Å². The lowest BCUT2D eigenvalue weighted by molar-refractivity contribution is 0.174. The number of hydrogen-bond acceptors (Lipinski definition) is 3. The van der Waals surface area contributed by atoms with Crippen molar-refractivity contribution in [3.05, 3.63) is 16.7 Å². The highest BCUT2D eigenvalue weighted by molar-refractivity contribution is 6.33. The second kappa shape index (κ2) is 2.45. The molecular weight excluding hydrogens is 180 g/mol. The lowest BCUT2D eigenvalue weighted by Crippen LogP contribution is -1.93. The second-order valence-electron chi connectivity index (χ2n) is 2.57. The first-order chi connectivity index (χ1) is 5.70. The Labute approximate surface area is 74.5 Å². The van der Waals surface area contributed by atoms with Crippen LogP contribution < -0.4 is 9.47 Å². The Morgan fingerprint density at radius 2 is 2.25 bits per heavy atom. The van der Waals surface area contributed by atoms with Crippen molar-refractivity contribution in [2.24, 2.45) is 0 Å². The number of hydrogen-bond donors (Lipinski definition) is 1. The van der Waals surface area contributed by atoms with Crippen LogP contribution in [0.15, 0.2) is 6.07 Å². The van der Waals surface area contributed by atoms with Gasteiger partial charge in [0.2, 0.25) is 6.79 Å². The van der Waals surface area contributed by atoms with Gasteiger partial charge >= 0.3 is 0 Å². The number of halogens is 1. The first-order valence-corrected chi connectivity index (χ1v) is 3.85. The maximum absolute atomic E-state index is 9.34. The van der Waals surface area contributed by atoms with Gasteiger partial charge in [-0.3, -0.25) is 0 Å². The van der Waals surface area contributed by atoms with Crippen LogP contribution in [0, 0.1) is 6.92 Å². The first kappa shape index (κ1) is 7.55. The van der Waals surface area contributed by atoms with Crippen molar-refractivity contribution in [3.8, 4) is 17.2 Å². The molecule has 0 bridgehead atoms. The number of phenolic OH excluding ortho intramolecular Hbond substituents is 1. The lowest BCUT2D eigenvalue weighted by Gasteiger charge is -2.04. The molecule has 64 valence electrons. The van der Waals surface area contributed by atoms with Crippen LogP contribution in [0.4, 0.5) is 0 Å². The van der Waals surface area contributed by atoms with Gasteiger partial charge in [0.1, 0.15) is 5.75 Å². The van der Waals surface area contributed by atoms with Crippen LogP contribution in [0.1, 0.15) is 5.56 Å². The smallest absolute Gasteiger partial charge is 0.231 e. The predicted molar refractivity (Wildman–Crippen MR) is 44.0 cm³/mol. The van der Waals surface area contributed by atoms with Gasteiger partial charge in [-0.15, -0.1) is 0 Å². The monoisotopic (exact) mass is 186 g/mol. The summed E-state index contributed by atoms with van der Waals surface area (Å²) in [4.78, 5) is 0. The number of fused-ring (bicyclic) bond motifs is 1. The van der Waals surface area contributed by atoms with E-state index in [1.807, 2.05) is 0 Å². The van der Waals surface area contributed by atoms with Gasteiger partial charge in [0.25, 0.3) is 0 Å². The summed E-state index contributed by atoms with van der Waals surface area (Å²) in [5.74, 6) is 1.15. The number of phenols is 1. The van der Waals surface area contributed by atoms with Crippen molar-refractivity contribution in [1.82, 2.24) is 0 Å². The summed E-state index contributed by atoms with van der Waals surface area (Å²) in [5.41, 5.74) is 0.612. The number of benzene rings is 1. The van der Waals surface area contributed by atoms with Gasteiger partial charge in [-0.25, -0.2) is 0 Å². The zero-order chi connectivity index (χ0) is 8.72. The minimum Gasteiger partial charge on any atom is -0.507 e. The van der Waals surface area contributed by atoms with Crippen molar-refractivity contribution in [2.75, 3.05) is 6.79 Å². The maximum Gasteiger partial charge on any atom is 0.231 e. The molecule has 0 saturated heterocycles. The van der Waals surface area contributed by atoms with Crippen LogP contribution in [0.3, 0.4) is 0 Å². The number of ether oxygens (including phenoxy) is 2. The summed E-state index contributed by atoms with van der Waals surface area (Å²) < 4.78 is 10.1. The SMILES string of the molecule is Cc1c(O)cc2c(c1Cl)OCO2. The predicted octanol–water partition coefficient (Wildman–Crippen LogP) is 2.08. The van der Waals surface area contributed by atoms with E-state index < -0.39 is 0 Å². The van der Waals surface area contributed by atoms with Crippen molar-refractivity contribution in [3.63, 3.8) is 0 Å². The van der Waals surface area contributed by atoms with Gasteiger partial charge < -0.3 is 14.6 Å². The maximum atomic E-state index is 9.34. The number of rotatable bonds is 0. The highest BCUT2D eigenvalue weighted by Crippen LogP contribution is 2.44. The molecule has 1 aromatic rings. The van der Waals surface area contributed by atoms with Crippen LogP contribution >= 0.6 is 11.6 Å². The Hall–Kier alpha value is -1.09. The standard InChI is InChI=1S/C8H7ClO3/c1-4-5(10)2-6-8(7(4)9)12-3-11-6/h2,10H,3H2,1H3. The molecule has 0 aromatic heterocycles. The third kappa shape index (κ3) is 0.898. The topological polar surface area (TPSA) is 38.7 Å². The first-order valence-electron chi connectivity index (χ1n) is 3.48. The molecule has 0 radical (unpaired) electrons. The van der Waals surface area contributed by atoms with Crippen molar-refractivity contribution >= 4 is 11.6 Å². The van der Waals surface area contributed by atoms with Crippen molar-refractivity contribution in [2.45, 2.75) is 6.92 Å². The summed E-state index contributed by atoms with van der Waals surface area (Å²) in [5, 5.41) is 9.76. The van der Waals surface area contributed by atoms with E-state index in [-0.39, 0.29) is 12.5 Å². The normalized spacial score (nSPS) is 13.5. The van der Waals surface area contributed by atoms with Gasteiger partial charge in [0, 0.05) is 11.6 Å². The Kier molecular flexibility index (Phi) is 1.54. The fraction of sp³-hybridized carbons (Fsp3) is 0.250. The molecule has 1 aromatic carbocycles. The van der Waals surface area contributed by atoms with E-state index in [0.717, 1.165) is 0 Å². The Morgan fingerprint density at radius 3 is 3.00 bits per heavy atom. The van der Waals surface area contributed by atoms with Gasteiger partial charge in [0.15, 0.2) is 11.5 Å². The van der Waals surface area contributed by atoms with Crippen LogP contribution in [-0.4, -0.2) is 11.9 Å². The lowest BCUT2D eigenvalue weighted by atomic mass is 10.2. The van der Waals surface area contributed by atoms with Crippen LogP contribution in [0.25, 0.3) is 0 Å². The van der Waals surface area contributed by atoms with E-state index in [1.165, 1.54) is 6.07 Å². The van der Waals surface area contributed by atoms with Crippen molar-refractivity contribution in [1.29, 1.82) is 0 Å². The number of aromatic hydroxyl groups is 1. The van der Waals surface area contributed by atoms with Gasteiger partial charge in [-0.1, -0.05) is 11.6 Å². The fourth-order valence-electron chi connectivity index (χ4n) is 1.08. The zero-order valence-corrected chi connectivity index (χ0v) is 7.18. The highest BCUT2D eigenvalue weighted by Gasteiger charge is 2.20. The van der Waals surface area contributed by atoms with E-state index in [1.54, 1.807) is 6.92 Å². The van der Waals surface area contributed by atoms with E-state index in [2.05, 4.69) is 0 Å². The van der Waals surface area contributed by atoms with Gasteiger partial charge in [0.05, 0.1) is 5.02 Å². The summed E-state index contributed by atoms with van der Waals surface area (Å²) in [6.45, 7) is 1.89. The van der Waals surface area contributed by atoms with Crippen molar-refractivity contribution < 1.29 is 14.6 Å². The molecule has 0 aliphatic carbocycles. The molecule has 1 heterocycles. The largest absolute Gasteiger partial charge is 0.507 e. The summed E-state index contributed by atoms with van der Waals surface area (Å²) in [6.07, 6.45) is 0. The Balaban J connectivity index is 2.67. The minimum atomic E-state index is 0.129. The molecule has 0 fully saturated rings. The molecule has 0 saturated carbocycles. The molecule has 1 N–H and O–H groups in total. The van der Waals surface area contributed by atoms with Crippen LogP contribution in [0.5, 0.6) is 17.2 Å². The molecule has 3 nitrogen and oxygen atoms in total. The second-order valence-corrected chi connectivity index (χ2v) is 2.95. The third-order valence-corrected chi connectivity index (χ3v) is 2.28. The summed E-state index contributed by atoms with van der Waals surface area (Å²) in [6, 6.07) is 1.50. The van der Waals surface area contributed by atoms with E-state index in [0.29, 0.717) is 22.1 Å². The Morgan fingerprint density at radius 1 is 1.50 bits per heavy atom. The molecular formula is C8H7ClO3. The quantitative estimate of drug-likeness (QED) is 0.674. The molecule has 1 aliphatic rings. The Bertz CT molecular complexity index is 336. The molecule has 2 rings (SSSR count). The van der Waals surface area contributed by atoms with E-state index in [9.17, 15) is 5.11 Å². The average molecular weight is 187 g/mol. The van der Waals surface area contributed by atoms with E-state index >= 15 is 0 Å². The molecule has 1 aliphatic heterocycles. The molecule has 0 unspecified atom stereocenters. The van der Waals surface area contributed by atoms with Gasteiger partial charge in [-0.2, -0.15) is 0 Å². The highest BCUT2D eigenvalue weighted by atomic mass is 35.5. The summed E-state index contributed by atoms with van der Waals surface area (Å²) >= 11 is 5.88. The van der Waals surface area contributed by atoms with Crippen LogP contribution in [0.2, 0.25) is 5.02 Å². The third-order valence-electron chi connectivity index (χ3n) is 1.82. The molecule has 0 atom stereocenters. The fourth-order valence-corrected chi connectivity index (χ4v) is 1.33. The molecule has 0 amide bonds.